The summed E-state index contributed by atoms with van der Waals surface area (Å²) in [5.41, 5.74) is 3.62. The first-order valence-corrected chi connectivity index (χ1v) is 23.3. The highest BCUT2D eigenvalue weighted by atomic mass is 32.3. The number of sulfone groups is 2. The van der Waals surface area contributed by atoms with Crippen molar-refractivity contribution >= 4 is 99.9 Å². The van der Waals surface area contributed by atoms with Crippen LogP contribution >= 0.6 is 0 Å². The van der Waals surface area contributed by atoms with E-state index < -0.39 is 123 Å². The van der Waals surface area contributed by atoms with Gasteiger partial charge in [-0.25, -0.2) is 25.2 Å². The van der Waals surface area contributed by atoms with Gasteiger partial charge in [0.1, 0.15) is 26.9 Å². The Hall–Kier alpha value is -4.60. The maximum Gasteiger partial charge on any atom is 0.397 e. The average Bonchev–Trinajstić information content (AvgIpc) is 3.05. The molecule has 0 spiro atoms. The number of phenolic OH excluding ortho intramolecular Hbond substituents is 1. The van der Waals surface area contributed by atoms with Crippen molar-refractivity contribution in [2.24, 2.45) is 20.5 Å². The molecule has 0 radical (unpaired) electrons. The van der Waals surface area contributed by atoms with Gasteiger partial charge in [0.2, 0.25) is 0 Å². The van der Waals surface area contributed by atoms with E-state index in [0.29, 0.717) is 6.07 Å². The first-order chi connectivity index (χ1) is 25.6. The van der Waals surface area contributed by atoms with E-state index in [1.807, 2.05) is 0 Å². The highest BCUT2D eigenvalue weighted by molar-refractivity contribution is 7.92. The normalized spacial score (nSPS) is 13.6. The minimum absolute atomic E-state index is 0.120. The summed E-state index contributed by atoms with van der Waals surface area (Å²) in [6.07, 6.45) is 0. The lowest BCUT2D eigenvalue weighted by Gasteiger charge is -2.12. The summed E-state index contributed by atoms with van der Waals surface area (Å²) < 4.78 is 187. The Balaban J connectivity index is 1.75. The van der Waals surface area contributed by atoms with Gasteiger partial charge < -0.3 is 10.8 Å². The zero-order valence-corrected chi connectivity index (χ0v) is 32.3. The van der Waals surface area contributed by atoms with Crippen molar-refractivity contribution < 1.29 is 82.2 Å². The second-order valence-corrected chi connectivity index (χ2v) is 20.0. The first kappa shape index (κ1) is 44.1. The number of aromatic hydroxyl groups is 1. The van der Waals surface area contributed by atoms with Crippen molar-refractivity contribution in [3.63, 3.8) is 0 Å². The second-order valence-electron chi connectivity index (χ2n) is 10.8. The number of hydrogen-bond donors (Lipinski definition) is 6. The van der Waals surface area contributed by atoms with Crippen LogP contribution in [0.2, 0.25) is 0 Å². The molecule has 0 amide bonds. The summed E-state index contributed by atoms with van der Waals surface area (Å²) in [5.74, 6) is -2.84. The highest BCUT2D eigenvalue weighted by Crippen LogP contribution is 2.46. The Morgan fingerprint density at radius 2 is 1.04 bits per heavy atom. The average molecular weight is 904 g/mol. The molecule has 0 aliphatic rings. The predicted molar refractivity (Wildman–Crippen MR) is 190 cm³/mol. The summed E-state index contributed by atoms with van der Waals surface area (Å²) in [7, 11) is -29.0. The van der Waals surface area contributed by atoms with E-state index in [1.165, 1.54) is 0 Å². The molecule has 4 rings (SSSR count). The number of fused-ring (bicyclic) bond motifs is 1. The van der Waals surface area contributed by atoms with E-state index in [2.05, 4.69) is 28.8 Å². The van der Waals surface area contributed by atoms with Gasteiger partial charge in [0.05, 0.1) is 45.9 Å². The zero-order valence-electron chi connectivity index (χ0n) is 27.4. The van der Waals surface area contributed by atoms with Crippen molar-refractivity contribution in [2.45, 2.75) is 19.6 Å². The van der Waals surface area contributed by atoms with Gasteiger partial charge in [-0.05, 0) is 60.7 Å². The van der Waals surface area contributed by atoms with Gasteiger partial charge in [-0.2, -0.15) is 38.8 Å². The smallest absolute Gasteiger partial charge is 0.397 e. The number of nitrogens with zero attached hydrogens (tertiary/aromatic N) is 4. The van der Waals surface area contributed by atoms with Crippen LogP contribution in [0.4, 0.5) is 28.4 Å². The third-order valence-corrected chi connectivity index (χ3v) is 13.0. The summed E-state index contributed by atoms with van der Waals surface area (Å²) in [4.78, 5) is -3.30. The van der Waals surface area contributed by atoms with E-state index in [-0.39, 0.29) is 27.0 Å². The number of nitrogens with two attached hydrogens (primary N) is 1. The second kappa shape index (κ2) is 16.1. The molecule has 30 heteroatoms. The molecular formula is C26H25N5O19S6. The molecule has 0 saturated heterocycles. The quantitative estimate of drug-likeness (QED) is 0.0534. The summed E-state index contributed by atoms with van der Waals surface area (Å²) in [6, 6.07) is 9.27. The van der Waals surface area contributed by atoms with Gasteiger partial charge in [0.15, 0.2) is 25.4 Å². The van der Waals surface area contributed by atoms with E-state index in [9.17, 15) is 64.7 Å². The van der Waals surface area contributed by atoms with Crippen LogP contribution in [0.25, 0.3) is 10.8 Å². The zero-order chi connectivity index (χ0) is 42.1. The molecule has 304 valence electrons. The molecule has 24 nitrogen and oxygen atoms in total. The van der Waals surface area contributed by atoms with Gasteiger partial charge in [-0.1, -0.05) is 0 Å². The van der Waals surface area contributed by atoms with E-state index in [4.69, 9.17) is 14.8 Å². The number of benzene rings is 4. The van der Waals surface area contributed by atoms with E-state index >= 15 is 0 Å². The number of azo groups is 2. The fourth-order valence-corrected chi connectivity index (χ4v) is 8.84. The number of anilines is 1. The summed E-state index contributed by atoms with van der Waals surface area (Å²) >= 11 is 0. The lowest BCUT2D eigenvalue weighted by atomic mass is 10.1. The monoisotopic (exact) mass is 903 g/mol. The molecule has 0 aliphatic heterocycles. The minimum atomic E-state index is -5.26. The fraction of sp³-hybridized carbons (Fsp3) is 0.154. The summed E-state index contributed by atoms with van der Waals surface area (Å²) in [6.45, 7) is -1.96. The molecule has 56 heavy (non-hydrogen) atoms. The van der Waals surface area contributed by atoms with Crippen LogP contribution in [0.5, 0.6) is 5.75 Å². The molecule has 4 aromatic carbocycles. The molecule has 0 aromatic heterocycles. The largest absolute Gasteiger partial charge is 0.505 e. The third kappa shape index (κ3) is 11.3. The molecule has 0 aliphatic carbocycles. The van der Waals surface area contributed by atoms with Gasteiger partial charge in [-0.15, -0.1) is 15.3 Å². The lowest BCUT2D eigenvalue weighted by molar-refractivity contribution is 0.282. The third-order valence-electron chi connectivity index (χ3n) is 6.97. The lowest BCUT2D eigenvalue weighted by Crippen LogP contribution is -2.16. The van der Waals surface area contributed by atoms with Crippen LogP contribution in [-0.4, -0.2) is 98.5 Å². The van der Waals surface area contributed by atoms with Crippen molar-refractivity contribution in [1.82, 2.24) is 0 Å². The Labute approximate surface area is 317 Å². The molecule has 0 saturated carbocycles. The van der Waals surface area contributed by atoms with E-state index in [0.717, 1.165) is 54.6 Å². The van der Waals surface area contributed by atoms with Crippen molar-refractivity contribution in [2.75, 3.05) is 30.5 Å². The highest BCUT2D eigenvalue weighted by Gasteiger charge is 2.26. The summed E-state index contributed by atoms with van der Waals surface area (Å²) in [5, 5.41) is 25.5. The van der Waals surface area contributed by atoms with Gasteiger partial charge in [0, 0.05) is 10.8 Å². The van der Waals surface area contributed by atoms with Crippen LogP contribution in [0, 0.1) is 0 Å². The Morgan fingerprint density at radius 1 is 0.536 bits per heavy atom. The number of rotatable bonds is 16. The first-order valence-electron chi connectivity index (χ1n) is 14.4. The van der Waals surface area contributed by atoms with Crippen LogP contribution in [0.15, 0.2) is 101 Å². The van der Waals surface area contributed by atoms with E-state index in [1.54, 1.807) is 0 Å². The number of hydrogen-bond acceptors (Lipinski definition) is 20. The Morgan fingerprint density at radius 3 is 1.55 bits per heavy atom. The van der Waals surface area contributed by atoms with Crippen LogP contribution < -0.4 is 5.73 Å². The number of nitrogen functional groups attached to an aromatic ring is 1. The van der Waals surface area contributed by atoms with Crippen LogP contribution in [0.3, 0.4) is 0 Å². The fourth-order valence-electron chi connectivity index (χ4n) is 4.47. The maximum absolute atomic E-state index is 12.6. The molecule has 0 fully saturated rings. The van der Waals surface area contributed by atoms with Gasteiger partial charge >= 0.3 is 20.8 Å². The topological polar surface area (TPSA) is 400 Å². The molecule has 0 bridgehead atoms. The molecule has 7 N–H and O–H groups in total. The number of phenols is 1. The standard InChI is InChI=1S/C26H25N5O19S6/c27-20-7-6-18-19(24(20)30-29-21-8-5-17(13-22(21)53(37,38)39)52(35,36)12-10-50-56(46,47)48)14-23(54(40,41)42)25(26(18)32)31-28-15-1-3-16(4-2-15)51(33,34)11-9-49-55(43,44)45/h1-8,13-14,32H,9-12,27H2,(H,37,38,39)(H,40,41,42)(H,43,44,45)(H,46,47,48)/b30-29+,31-28?. The van der Waals surface area contributed by atoms with Crippen molar-refractivity contribution in [3.8, 4) is 5.75 Å². The molecule has 0 atom stereocenters. The maximum atomic E-state index is 12.6. The molecule has 0 heterocycles. The Bertz CT molecular complexity index is 2950. The molecular weight excluding hydrogens is 879 g/mol. The van der Waals surface area contributed by atoms with Crippen molar-refractivity contribution in [3.05, 3.63) is 60.7 Å². The SMILES string of the molecule is Nc1ccc2c(O)c(N=Nc3ccc(S(=O)(=O)CCOS(=O)(=O)O)cc3)c(S(=O)(=O)O)cc2c1/N=N/c1ccc(S(=O)(=O)CCOS(=O)(=O)O)cc1S(=O)(=O)O. The van der Waals surface area contributed by atoms with Crippen LogP contribution in [0.1, 0.15) is 0 Å². The van der Waals surface area contributed by atoms with Gasteiger partial charge in [0.25, 0.3) is 20.2 Å². The van der Waals surface area contributed by atoms with Gasteiger partial charge in [-0.3, -0.25) is 18.2 Å². The Kier molecular flexibility index (Phi) is 12.7. The molecule has 4 aromatic rings. The van der Waals surface area contributed by atoms with Crippen molar-refractivity contribution in [1.29, 1.82) is 0 Å². The predicted octanol–water partition coefficient (Wildman–Crippen LogP) is 2.64. The van der Waals surface area contributed by atoms with Crippen LogP contribution in [-0.2, 0) is 69.1 Å². The minimum Gasteiger partial charge on any atom is -0.505 e. The molecule has 0 unspecified atom stereocenters.